The lowest BCUT2D eigenvalue weighted by Gasteiger charge is -2.34. The summed E-state index contributed by atoms with van der Waals surface area (Å²) in [6, 6.07) is 17.7. The third kappa shape index (κ3) is 6.06. The van der Waals surface area contributed by atoms with Crippen molar-refractivity contribution < 1.29 is 0 Å². The standard InChI is InChI=1S/C19H23ClN2S.2ClH/c1-23-18-10-9-16(20)12-15(18)13-22-17-8-5-11-21-19(17)14-6-3-2-4-7-14;;/h2-4,6-7,9-10,12,17,19,21-22H,5,8,11,13H2,1H3;2*1H/t17-,19-;;/m1../s1. The Morgan fingerprint density at radius 3 is 2.64 bits per heavy atom. The zero-order chi connectivity index (χ0) is 16.1. The number of hydrogen-bond acceptors (Lipinski definition) is 3. The molecule has 0 aromatic heterocycles. The Balaban J connectivity index is 0.00000156. The van der Waals surface area contributed by atoms with Gasteiger partial charge in [0.1, 0.15) is 0 Å². The molecule has 1 aliphatic heterocycles. The van der Waals surface area contributed by atoms with Gasteiger partial charge in [0.15, 0.2) is 0 Å². The molecule has 0 aliphatic carbocycles. The van der Waals surface area contributed by atoms with E-state index in [1.165, 1.54) is 28.9 Å². The number of hydrogen-bond donors (Lipinski definition) is 2. The van der Waals surface area contributed by atoms with Gasteiger partial charge in [0.05, 0.1) is 0 Å². The molecule has 0 unspecified atom stereocenters. The first-order valence-electron chi connectivity index (χ1n) is 8.12. The number of halogens is 3. The number of benzene rings is 2. The van der Waals surface area contributed by atoms with Crippen molar-refractivity contribution in [3.8, 4) is 0 Å². The van der Waals surface area contributed by atoms with Crippen molar-refractivity contribution in [3.05, 3.63) is 64.7 Å². The van der Waals surface area contributed by atoms with Crippen molar-refractivity contribution in [1.29, 1.82) is 0 Å². The fourth-order valence-electron chi connectivity index (χ4n) is 3.25. The van der Waals surface area contributed by atoms with E-state index in [4.69, 9.17) is 11.6 Å². The van der Waals surface area contributed by atoms with Crippen LogP contribution in [0.3, 0.4) is 0 Å². The van der Waals surface area contributed by atoms with Crippen LogP contribution in [0.15, 0.2) is 53.4 Å². The quantitative estimate of drug-likeness (QED) is 0.627. The molecule has 2 nitrogen and oxygen atoms in total. The van der Waals surface area contributed by atoms with Gasteiger partial charge in [-0.2, -0.15) is 0 Å². The Morgan fingerprint density at radius 1 is 1.16 bits per heavy atom. The minimum atomic E-state index is 0. The first-order chi connectivity index (χ1) is 11.3. The van der Waals surface area contributed by atoms with E-state index in [0.717, 1.165) is 18.1 Å². The molecule has 0 amide bonds. The summed E-state index contributed by atoms with van der Waals surface area (Å²) in [7, 11) is 0. The van der Waals surface area contributed by atoms with Gasteiger partial charge in [-0.3, -0.25) is 0 Å². The molecule has 138 valence electrons. The van der Waals surface area contributed by atoms with Gasteiger partial charge in [-0.15, -0.1) is 36.6 Å². The maximum Gasteiger partial charge on any atom is 0.0476 e. The molecule has 0 radical (unpaired) electrons. The zero-order valence-electron chi connectivity index (χ0n) is 14.2. The van der Waals surface area contributed by atoms with E-state index in [9.17, 15) is 0 Å². The van der Waals surface area contributed by atoms with E-state index in [2.05, 4.69) is 59.4 Å². The average molecular weight is 420 g/mol. The number of thioether (sulfide) groups is 1. The summed E-state index contributed by atoms with van der Waals surface area (Å²) in [5.74, 6) is 0. The number of piperidine rings is 1. The summed E-state index contributed by atoms with van der Waals surface area (Å²) in [5.41, 5.74) is 2.64. The lowest BCUT2D eigenvalue weighted by atomic mass is 9.92. The summed E-state index contributed by atoms with van der Waals surface area (Å²) in [6.45, 7) is 1.94. The smallest absolute Gasteiger partial charge is 0.0476 e. The maximum atomic E-state index is 6.17. The van der Waals surface area contributed by atoms with Crippen LogP contribution in [0.25, 0.3) is 0 Å². The van der Waals surface area contributed by atoms with Crippen LogP contribution in [0, 0.1) is 0 Å². The Labute approximate surface area is 172 Å². The molecule has 2 atom stereocenters. The molecule has 25 heavy (non-hydrogen) atoms. The van der Waals surface area contributed by atoms with Gasteiger partial charge in [-0.05, 0) is 55.0 Å². The summed E-state index contributed by atoms with van der Waals surface area (Å²) >= 11 is 7.94. The van der Waals surface area contributed by atoms with E-state index >= 15 is 0 Å². The molecule has 2 aromatic rings. The van der Waals surface area contributed by atoms with Gasteiger partial charge in [-0.1, -0.05) is 41.9 Å². The molecule has 1 saturated heterocycles. The molecule has 0 spiro atoms. The van der Waals surface area contributed by atoms with Crippen molar-refractivity contribution in [2.75, 3.05) is 12.8 Å². The minimum Gasteiger partial charge on any atom is -0.309 e. The highest BCUT2D eigenvalue weighted by Crippen LogP contribution is 2.26. The molecule has 2 N–H and O–H groups in total. The predicted octanol–water partition coefficient (Wildman–Crippen LogP) is 5.49. The summed E-state index contributed by atoms with van der Waals surface area (Å²) in [6.07, 6.45) is 4.52. The van der Waals surface area contributed by atoms with Crippen molar-refractivity contribution >= 4 is 48.2 Å². The van der Waals surface area contributed by atoms with Crippen molar-refractivity contribution in [2.24, 2.45) is 0 Å². The van der Waals surface area contributed by atoms with Crippen LogP contribution in [0.2, 0.25) is 5.02 Å². The largest absolute Gasteiger partial charge is 0.309 e. The van der Waals surface area contributed by atoms with Crippen molar-refractivity contribution in [2.45, 2.75) is 36.4 Å². The summed E-state index contributed by atoms with van der Waals surface area (Å²) in [4.78, 5) is 1.29. The van der Waals surface area contributed by atoms with E-state index < -0.39 is 0 Å². The highest BCUT2D eigenvalue weighted by atomic mass is 35.5. The molecule has 1 aliphatic rings. The summed E-state index contributed by atoms with van der Waals surface area (Å²) < 4.78 is 0. The number of nitrogens with one attached hydrogen (secondary N) is 2. The van der Waals surface area contributed by atoms with Crippen LogP contribution >= 0.6 is 48.2 Å². The van der Waals surface area contributed by atoms with Gasteiger partial charge >= 0.3 is 0 Å². The van der Waals surface area contributed by atoms with Crippen LogP contribution in [0.1, 0.15) is 30.0 Å². The molecule has 0 bridgehead atoms. The highest BCUT2D eigenvalue weighted by molar-refractivity contribution is 7.98. The monoisotopic (exact) mass is 418 g/mol. The third-order valence-electron chi connectivity index (χ3n) is 4.41. The van der Waals surface area contributed by atoms with Gasteiger partial charge in [0, 0.05) is 28.5 Å². The Bertz CT molecular complexity index is 640. The predicted molar refractivity (Wildman–Crippen MR) is 115 cm³/mol. The van der Waals surface area contributed by atoms with Crippen molar-refractivity contribution in [1.82, 2.24) is 10.6 Å². The highest BCUT2D eigenvalue weighted by Gasteiger charge is 2.25. The average Bonchev–Trinajstić information content (AvgIpc) is 2.61. The first-order valence-corrected chi connectivity index (χ1v) is 9.72. The van der Waals surface area contributed by atoms with Crippen LogP contribution in [0.5, 0.6) is 0 Å². The van der Waals surface area contributed by atoms with Crippen LogP contribution in [-0.2, 0) is 6.54 Å². The van der Waals surface area contributed by atoms with E-state index in [1.807, 2.05) is 6.07 Å². The second-order valence-corrected chi connectivity index (χ2v) is 7.21. The molecule has 2 aromatic carbocycles. The Kier molecular flexibility index (Phi) is 10.2. The molecular formula is C19H25Cl3N2S. The van der Waals surface area contributed by atoms with Crippen molar-refractivity contribution in [3.63, 3.8) is 0 Å². The summed E-state index contributed by atoms with van der Waals surface area (Å²) in [5, 5.41) is 8.23. The Morgan fingerprint density at radius 2 is 1.92 bits per heavy atom. The maximum absolute atomic E-state index is 6.17. The lowest BCUT2D eigenvalue weighted by molar-refractivity contribution is 0.304. The first kappa shape index (κ1) is 22.6. The van der Waals surface area contributed by atoms with E-state index in [0.29, 0.717) is 12.1 Å². The third-order valence-corrected chi connectivity index (χ3v) is 5.49. The van der Waals surface area contributed by atoms with Crippen LogP contribution in [-0.4, -0.2) is 18.8 Å². The topological polar surface area (TPSA) is 24.1 Å². The Hall–Kier alpha value is -0.420. The van der Waals surface area contributed by atoms with E-state index in [-0.39, 0.29) is 24.8 Å². The van der Waals surface area contributed by atoms with Gasteiger partial charge in [0.25, 0.3) is 0 Å². The normalized spacial score (nSPS) is 19.6. The van der Waals surface area contributed by atoms with Crippen LogP contribution < -0.4 is 10.6 Å². The second kappa shape index (κ2) is 11.3. The molecular weight excluding hydrogens is 395 g/mol. The lowest BCUT2D eigenvalue weighted by Crippen LogP contribution is -2.45. The zero-order valence-corrected chi connectivity index (χ0v) is 17.4. The van der Waals surface area contributed by atoms with Gasteiger partial charge in [0.2, 0.25) is 0 Å². The van der Waals surface area contributed by atoms with Gasteiger partial charge in [-0.25, -0.2) is 0 Å². The molecule has 1 fully saturated rings. The minimum absolute atomic E-state index is 0. The fraction of sp³-hybridized carbons (Fsp3) is 0.368. The molecule has 0 saturated carbocycles. The van der Waals surface area contributed by atoms with Gasteiger partial charge < -0.3 is 10.6 Å². The second-order valence-electron chi connectivity index (χ2n) is 5.93. The molecule has 1 heterocycles. The SMILES string of the molecule is CSc1ccc(Cl)cc1CN[C@@H]1CCCN[C@@H]1c1ccccc1.Cl.Cl. The van der Waals surface area contributed by atoms with E-state index in [1.54, 1.807) is 11.8 Å². The number of rotatable bonds is 5. The van der Waals surface area contributed by atoms with Crippen LogP contribution in [0.4, 0.5) is 0 Å². The molecule has 6 heteroatoms. The fourth-order valence-corrected chi connectivity index (χ4v) is 4.04. The molecule has 3 rings (SSSR count).